The molecule has 5 nitrogen and oxygen atoms in total. The molecule has 1 aromatic rings. The zero-order valence-electron chi connectivity index (χ0n) is 11.3. The van der Waals surface area contributed by atoms with E-state index in [0.717, 1.165) is 30.4 Å². The van der Waals surface area contributed by atoms with Crippen LogP contribution in [-0.4, -0.2) is 24.2 Å². The minimum absolute atomic E-state index is 0.0715. The molecule has 0 saturated heterocycles. The van der Waals surface area contributed by atoms with E-state index in [1.165, 1.54) is 0 Å². The maximum absolute atomic E-state index is 11.5. The highest BCUT2D eigenvalue weighted by Crippen LogP contribution is 2.35. The zero-order chi connectivity index (χ0) is 14.4. The molecule has 0 heterocycles. The van der Waals surface area contributed by atoms with Crippen LogP contribution >= 0.6 is 0 Å². The molecule has 1 aliphatic carbocycles. The van der Waals surface area contributed by atoms with Gasteiger partial charge in [-0.05, 0) is 36.5 Å². The highest BCUT2D eigenvalue weighted by Gasteiger charge is 2.21. The molecule has 1 aromatic carbocycles. The fourth-order valence-electron chi connectivity index (χ4n) is 2.38. The molecule has 1 unspecified atom stereocenters. The molecule has 1 aliphatic rings. The van der Waals surface area contributed by atoms with E-state index in [1.807, 2.05) is 24.3 Å². The number of aliphatic hydroxyl groups is 1. The maximum Gasteiger partial charge on any atom is 0.257 e. The number of benzene rings is 1. The van der Waals surface area contributed by atoms with Gasteiger partial charge in [0.1, 0.15) is 5.75 Å². The van der Waals surface area contributed by atoms with Gasteiger partial charge in [-0.25, -0.2) is 0 Å². The van der Waals surface area contributed by atoms with Gasteiger partial charge in [0.25, 0.3) is 5.91 Å². The third-order valence-corrected chi connectivity index (χ3v) is 3.35. The van der Waals surface area contributed by atoms with Crippen molar-refractivity contribution in [2.24, 2.45) is 0 Å². The summed E-state index contributed by atoms with van der Waals surface area (Å²) in [4.78, 5) is 11.5. The van der Waals surface area contributed by atoms with Crippen molar-refractivity contribution in [3.05, 3.63) is 29.3 Å². The topological polar surface area (TPSA) is 82.4 Å². The van der Waals surface area contributed by atoms with Crippen LogP contribution < -0.4 is 10.1 Å². The Balaban J connectivity index is 1.95. The van der Waals surface area contributed by atoms with Crippen molar-refractivity contribution in [3.63, 3.8) is 0 Å². The number of carbonyl (C=O) groups excluding carboxylic acids is 1. The molecular formula is C15H18N2O3. The van der Waals surface area contributed by atoms with Gasteiger partial charge in [-0.2, -0.15) is 5.26 Å². The summed E-state index contributed by atoms with van der Waals surface area (Å²) in [6.07, 6.45) is 2.40. The average Bonchev–Trinajstić information content (AvgIpc) is 2.46. The number of hydrogen-bond acceptors (Lipinski definition) is 4. The highest BCUT2D eigenvalue weighted by molar-refractivity contribution is 5.77. The van der Waals surface area contributed by atoms with Crippen LogP contribution in [0.4, 0.5) is 0 Å². The first-order valence-electron chi connectivity index (χ1n) is 6.78. The Morgan fingerprint density at radius 2 is 2.40 bits per heavy atom. The lowest BCUT2D eigenvalue weighted by Crippen LogP contribution is -2.29. The Labute approximate surface area is 118 Å². The van der Waals surface area contributed by atoms with Gasteiger partial charge in [0.05, 0.1) is 18.6 Å². The Bertz CT molecular complexity index is 522. The largest absolute Gasteiger partial charge is 0.483 e. The molecule has 20 heavy (non-hydrogen) atoms. The Morgan fingerprint density at radius 3 is 3.20 bits per heavy atom. The third-order valence-electron chi connectivity index (χ3n) is 3.35. The van der Waals surface area contributed by atoms with Crippen molar-refractivity contribution in [1.82, 2.24) is 5.32 Å². The number of ether oxygens (including phenoxy) is 1. The van der Waals surface area contributed by atoms with Gasteiger partial charge in [0.15, 0.2) is 6.61 Å². The van der Waals surface area contributed by atoms with Crippen LogP contribution in [0.5, 0.6) is 5.75 Å². The molecule has 1 atom stereocenters. The second-order valence-corrected chi connectivity index (χ2v) is 4.78. The standard InChI is InChI=1S/C15H18N2O3/c16-8-3-9-17-15(19)10-20-14-7-2-4-11-12(14)5-1-6-13(11)18/h2,4,7,13,18H,1,3,5-6,9-10H2,(H,17,19). The number of nitrogens with one attached hydrogen (secondary N) is 1. The molecule has 0 aromatic heterocycles. The smallest absolute Gasteiger partial charge is 0.257 e. The SMILES string of the molecule is N#CCCNC(=O)COc1cccc2c1CCCC2O. The number of carbonyl (C=O) groups is 1. The van der Waals surface area contributed by atoms with Crippen molar-refractivity contribution in [1.29, 1.82) is 5.26 Å². The van der Waals surface area contributed by atoms with E-state index < -0.39 is 6.10 Å². The van der Waals surface area contributed by atoms with Gasteiger partial charge in [-0.15, -0.1) is 0 Å². The highest BCUT2D eigenvalue weighted by atomic mass is 16.5. The van der Waals surface area contributed by atoms with Crippen LogP contribution in [0.25, 0.3) is 0 Å². The van der Waals surface area contributed by atoms with E-state index in [0.29, 0.717) is 18.7 Å². The molecule has 1 amide bonds. The Morgan fingerprint density at radius 1 is 1.55 bits per heavy atom. The predicted octanol–water partition coefficient (Wildman–Crippen LogP) is 1.46. The molecule has 0 fully saturated rings. The van der Waals surface area contributed by atoms with Crippen LogP contribution in [0.3, 0.4) is 0 Å². The van der Waals surface area contributed by atoms with Crippen molar-refractivity contribution in [3.8, 4) is 11.8 Å². The van der Waals surface area contributed by atoms with E-state index in [1.54, 1.807) is 0 Å². The van der Waals surface area contributed by atoms with Crippen LogP contribution in [0.1, 0.15) is 36.5 Å². The van der Waals surface area contributed by atoms with Crippen LogP contribution in [0.2, 0.25) is 0 Å². The molecule has 0 spiro atoms. The van der Waals surface area contributed by atoms with Gasteiger partial charge in [0.2, 0.25) is 0 Å². The van der Waals surface area contributed by atoms with Crippen molar-refractivity contribution < 1.29 is 14.6 Å². The number of aliphatic hydroxyl groups excluding tert-OH is 1. The molecule has 5 heteroatoms. The van der Waals surface area contributed by atoms with Crippen molar-refractivity contribution >= 4 is 5.91 Å². The van der Waals surface area contributed by atoms with Gasteiger partial charge in [-0.1, -0.05) is 12.1 Å². The second kappa shape index (κ2) is 6.92. The number of fused-ring (bicyclic) bond motifs is 1. The van der Waals surface area contributed by atoms with E-state index >= 15 is 0 Å². The van der Waals surface area contributed by atoms with E-state index in [-0.39, 0.29) is 12.5 Å². The van der Waals surface area contributed by atoms with Gasteiger partial charge < -0.3 is 15.2 Å². The molecule has 2 N–H and O–H groups in total. The minimum Gasteiger partial charge on any atom is -0.483 e. The zero-order valence-corrected chi connectivity index (χ0v) is 11.3. The molecule has 0 saturated carbocycles. The number of nitriles is 1. The quantitative estimate of drug-likeness (QED) is 0.796. The molecule has 106 valence electrons. The number of amides is 1. The molecule has 2 rings (SSSR count). The van der Waals surface area contributed by atoms with Crippen LogP contribution in [-0.2, 0) is 11.2 Å². The first-order valence-corrected chi connectivity index (χ1v) is 6.78. The first-order chi connectivity index (χ1) is 9.72. The second-order valence-electron chi connectivity index (χ2n) is 4.78. The lowest BCUT2D eigenvalue weighted by molar-refractivity contribution is -0.123. The molecule has 0 bridgehead atoms. The summed E-state index contributed by atoms with van der Waals surface area (Å²) in [6, 6.07) is 7.51. The van der Waals surface area contributed by atoms with Crippen LogP contribution in [0.15, 0.2) is 18.2 Å². The van der Waals surface area contributed by atoms with Gasteiger partial charge in [-0.3, -0.25) is 4.79 Å². The number of rotatable bonds is 5. The predicted molar refractivity (Wildman–Crippen MR) is 73.1 cm³/mol. The van der Waals surface area contributed by atoms with Crippen LogP contribution in [0, 0.1) is 11.3 Å². The summed E-state index contributed by atoms with van der Waals surface area (Å²) in [5.74, 6) is 0.422. The first kappa shape index (κ1) is 14.4. The molecule has 0 aliphatic heterocycles. The van der Waals surface area contributed by atoms with Crippen molar-refractivity contribution in [2.45, 2.75) is 31.8 Å². The van der Waals surface area contributed by atoms with Crippen molar-refractivity contribution in [2.75, 3.05) is 13.2 Å². The van der Waals surface area contributed by atoms with E-state index in [9.17, 15) is 9.90 Å². The number of nitrogens with zero attached hydrogens (tertiary/aromatic N) is 1. The lowest BCUT2D eigenvalue weighted by atomic mass is 9.89. The molecular weight excluding hydrogens is 256 g/mol. The summed E-state index contributed by atoms with van der Waals surface area (Å²) in [7, 11) is 0. The summed E-state index contributed by atoms with van der Waals surface area (Å²) < 4.78 is 5.54. The fraction of sp³-hybridized carbons (Fsp3) is 0.467. The lowest BCUT2D eigenvalue weighted by Gasteiger charge is -2.23. The summed E-state index contributed by atoms with van der Waals surface area (Å²) in [5.41, 5.74) is 1.90. The third kappa shape index (κ3) is 3.49. The monoisotopic (exact) mass is 274 g/mol. The maximum atomic E-state index is 11.5. The number of hydrogen-bond donors (Lipinski definition) is 2. The normalized spacial score (nSPS) is 16.9. The van der Waals surface area contributed by atoms with E-state index in [4.69, 9.17) is 10.00 Å². The Hall–Kier alpha value is -2.06. The summed E-state index contributed by atoms with van der Waals surface area (Å²) >= 11 is 0. The molecule has 0 radical (unpaired) electrons. The van der Waals surface area contributed by atoms with Gasteiger partial charge >= 0.3 is 0 Å². The fourth-order valence-corrected chi connectivity index (χ4v) is 2.38. The minimum atomic E-state index is -0.438. The average molecular weight is 274 g/mol. The van der Waals surface area contributed by atoms with Gasteiger partial charge in [0, 0.05) is 6.54 Å². The Kier molecular flexibility index (Phi) is 4.97. The van der Waals surface area contributed by atoms with E-state index in [2.05, 4.69) is 5.32 Å². The summed E-state index contributed by atoms with van der Waals surface area (Å²) in [6.45, 7) is 0.266. The summed E-state index contributed by atoms with van der Waals surface area (Å²) in [5, 5.41) is 20.9.